The molecule has 1 atom stereocenters. The van der Waals surface area contributed by atoms with Crippen LogP contribution in [0.25, 0.3) is 10.9 Å². The zero-order valence-electron chi connectivity index (χ0n) is 8.20. The Bertz CT molecular complexity index is 498. The van der Waals surface area contributed by atoms with E-state index in [0.717, 1.165) is 18.7 Å². The van der Waals surface area contributed by atoms with Gasteiger partial charge in [0, 0.05) is 17.4 Å². The summed E-state index contributed by atoms with van der Waals surface area (Å²) in [5.74, 6) is 0. The maximum absolute atomic E-state index is 9.84. The fraction of sp³-hybridized carbons (Fsp3) is 0.333. The van der Waals surface area contributed by atoms with Crippen LogP contribution in [0.2, 0.25) is 0 Å². The second-order valence-corrected chi connectivity index (χ2v) is 3.98. The van der Waals surface area contributed by atoms with Gasteiger partial charge in [-0.15, -0.1) is 0 Å². The van der Waals surface area contributed by atoms with Gasteiger partial charge in [0.1, 0.15) is 0 Å². The van der Waals surface area contributed by atoms with Crippen molar-refractivity contribution in [3.8, 4) is 0 Å². The van der Waals surface area contributed by atoms with Crippen LogP contribution in [0.4, 0.5) is 0 Å². The number of aliphatic hydroxyl groups is 1. The molecule has 0 fully saturated rings. The van der Waals surface area contributed by atoms with Gasteiger partial charge in [0.15, 0.2) is 0 Å². The van der Waals surface area contributed by atoms with Crippen LogP contribution < -0.4 is 0 Å². The van der Waals surface area contributed by atoms with Gasteiger partial charge in [-0.1, -0.05) is 18.2 Å². The van der Waals surface area contributed by atoms with E-state index in [1.54, 1.807) is 0 Å². The molecule has 0 aliphatic carbocycles. The van der Waals surface area contributed by atoms with Crippen LogP contribution in [0.3, 0.4) is 0 Å². The molecule has 3 rings (SSSR count). The number of para-hydroxylation sites is 1. The summed E-state index contributed by atoms with van der Waals surface area (Å²) in [6.07, 6.45) is 0.600. The molecule has 72 valence electrons. The fourth-order valence-electron chi connectivity index (χ4n) is 2.56. The van der Waals surface area contributed by atoms with Crippen molar-refractivity contribution < 1.29 is 5.11 Å². The number of rotatable bonds is 0. The number of hydrogen-bond donors (Lipinski definition) is 1. The molecule has 2 aromatic rings. The van der Waals surface area contributed by atoms with Gasteiger partial charge < -0.3 is 9.67 Å². The largest absolute Gasteiger partial charge is 0.387 e. The molecule has 0 bridgehead atoms. The van der Waals surface area contributed by atoms with E-state index in [1.165, 1.54) is 16.5 Å². The molecule has 1 aromatic heterocycles. The summed E-state index contributed by atoms with van der Waals surface area (Å²) >= 11 is 0. The lowest BCUT2D eigenvalue weighted by Gasteiger charge is -2.00. The van der Waals surface area contributed by atoms with Crippen molar-refractivity contribution in [2.75, 3.05) is 0 Å². The van der Waals surface area contributed by atoms with Crippen LogP contribution >= 0.6 is 0 Å². The first kappa shape index (κ1) is 8.06. The Balaban J connectivity index is 2.45. The molecule has 1 unspecified atom stereocenters. The fourth-order valence-corrected chi connectivity index (χ4v) is 2.56. The maximum Gasteiger partial charge on any atom is 0.0959 e. The van der Waals surface area contributed by atoms with Gasteiger partial charge in [-0.25, -0.2) is 0 Å². The number of aromatic nitrogens is 1. The first-order valence-corrected chi connectivity index (χ1v) is 5.05. The molecule has 1 aliphatic rings. The van der Waals surface area contributed by atoms with Gasteiger partial charge in [0.25, 0.3) is 0 Å². The smallest absolute Gasteiger partial charge is 0.0959 e. The molecule has 0 radical (unpaired) electrons. The minimum absolute atomic E-state index is 0.262. The number of aryl methyl sites for hydroxylation is 2. The highest BCUT2D eigenvalue weighted by atomic mass is 16.3. The Morgan fingerprint density at radius 2 is 2.14 bits per heavy atom. The van der Waals surface area contributed by atoms with E-state index in [-0.39, 0.29) is 6.10 Å². The number of aliphatic hydroxyl groups excluding tert-OH is 1. The molecule has 1 aromatic carbocycles. The van der Waals surface area contributed by atoms with Crippen LogP contribution in [0.1, 0.15) is 23.8 Å². The summed E-state index contributed by atoms with van der Waals surface area (Å²) in [4.78, 5) is 0. The van der Waals surface area contributed by atoms with E-state index < -0.39 is 0 Å². The Labute approximate surface area is 82.8 Å². The summed E-state index contributed by atoms with van der Waals surface area (Å²) in [6, 6.07) is 8.36. The third-order valence-electron chi connectivity index (χ3n) is 3.22. The second kappa shape index (κ2) is 2.61. The minimum Gasteiger partial charge on any atom is -0.387 e. The summed E-state index contributed by atoms with van der Waals surface area (Å²) in [6.45, 7) is 3.05. The van der Waals surface area contributed by atoms with Gasteiger partial charge in [0.05, 0.1) is 11.8 Å². The molecular weight excluding hydrogens is 174 g/mol. The minimum atomic E-state index is -0.262. The summed E-state index contributed by atoms with van der Waals surface area (Å²) in [7, 11) is 0. The second-order valence-electron chi connectivity index (χ2n) is 3.98. The normalized spacial score (nSPS) is 20.3. The number of fused-ring (bicyclic) bond motifs is 3. The average molecular weight is 187 g/mol. The van der Waals surface area contributed by atoms with Crippen molar-refractivity contribution in [3.05, 3.63) is 35.5 Å². The highest BCUT2D eigenvalue weighted by molar-refractivity contribution is 5.85. The SMILES string of the molecule is Cc1c2n(c3ccccc13)CCC2O. The van der Waals surface area contributed by atoms with Gasteiger partial charge >= 0.3 is 0 Å². The van der Waals surface area contributed by atoms with Crippen LogP contribution in [-0.2, 0) is 6.54 Å². The average Bonchev–Trinajstić information content (AvgIpc) is 2.70. The molecule has 1 N–H and O–H groups in total. The Morgan fingerprint density at radius 3 is 3.00 bits per heavy atom. The highest BCUT2D eigenvalue weighted by Gasteiger charge is 2.25. The number of hydrogen-bond acceptors (Lipinski definition) is 1. The first-order chi connectivity index (χ1) is 6.79. The van der Waals surface area contributed by atoms with Crippen molar-refractivity contribution in [2.45, 2.75) is 26.0 Å². The van der Waals surface area contributed by atoms with Crippen molar-refractivity contribution in [1.29, 1.82) is 0 Å². The molecule has 2 nitrogen and oxygen atoms in total. The van der Waals surface area contributed by atoms with E-state index >= 15 is 0 Å². The van der Waals surface area contributed by atoms with Crippen molar-refractivity contribution in [2.24, 2.45) is 0 Å². The van der Waals surface area contributed by atoms with E-state index in [4.69, 9.17) is 0 Å². The van der Waals surface area contributed by atoms with Crippen LogP contribution in [0.5, 0.6) is 0 Å². The van der Waals surface area contributed by atoms with Crippen LogP contribution in [0.15, 0.2) is 24.3 Å². The van der Waals surface area contributed by atoms with E-state index in [0.29, 0.717) is 0 Å². The predicted octanol–water partition coefficient (Wildman–Crippen LogP) is 2.39. The molecule has 14 heavy (non-hydrogen) atoms. The summed E-state index contributed by atoms with van der Waals surface area (Å²) in [5.41, 5.74) is 3.62. The molecule has 0 saturated carbocycles. The van der Waals surface area contributed by atoms with E-state index in [2.05, 4.69) is 35.8 Å². The third-order valence-corrected chi connectivity index (χ3v) is 3.22. The topological polar surface area (TPSA) is 25.2 Å². The molecule has 0 amide bonds. The number of benzene rings is 1. The van der Waals surface area contributed by atoms with Gasteiger partial charge in [-0.05, 0) is 25.0 Å². The van der Waals surface area contributed by atoms with Crippen molar-refractivity contribution >= 4 is 10.9 Å². The van der Waals surface area contributed by atoms with Gasteiger partial charge in [-0.3, -0.25) is 0 Å². The molecule has 1 aliphatic heterocycles. The quantitative estimate of drug-likeness (QED) is 0.673. The predicted molar refractivity (Wildman–Crippen MR) is 56.3 cm³/mol. The zero-order valence-corrected chi connectivity index (χ0v) is 8.20. The lowest BCUT2D eigenvalue weighted by Crippen LogP contribution is -1.93. The standard InChI is InChI=1S/C12H13NO/c1-8-9-4-2-3-5-10(9)13-7-6-11(14)12(8)13/h2-5,11,14H,6-7H2,1H3. The summed E-state index contributed by atoms with van der Waals surface area (Å²) < 4.78 is 2.25. The third kappa shape index (κ3) is 0.840. The van der Waals surface area contributed by atoms with Crippen LogP contribution in [-0.4, -0.2) is 9.67 Å². The first-order valence-electron chi connectivity index (χ1n) is 5.05. The zero-order chi connectivity index (χ0) is 9.71. The Morgan fingerprint density at radius 1 is 1.36 bits per heavy atom. The lowest BCUT2D eigenvalue weighted by atomic mass is 10.1. The van der Waals surface area contributed by atoms with Gasteiger partial charge in [-0.2, -0.15) is 0 Å². The highest BCUT2D eigenvalue weighted by Crippen LogP contribution is 2.35. The molecule has 0 spiro atoms. The van der Waals surface area contributed by atoms with Crippen molar-refractivity contribution in [3.63, 3.8) is 0 Å². The summed E-state index contributed by atoms with van der Waals surface area (Å²) in [5, 5.41) is 11.1. The van der Waals surface area contributed by atoms with E-state index in [1.807, 2.05) is 0 Å². The Kier molecular flexibility index (Phi) is 1.50. The number of nitrogens with zero attached hydrogens (tertiary/aromatic N) is 1. The molecule has 2 heterocycles. The maximum atomic E-state index is 9.84. The van der Waals surface area contributed by atoms with E-state index in [9.17, 15) is 5.11 Å². The lowest BCUT2D eigenvalue weighted by molar-refractivity contribution is 0.179. The van der Waals surface area contributed by atoms with Crippen LogP contribution in [0, 0.1) is 6.92 Å². The molecule has 0 saturated heterocycles. The van der Waals surface area contributed by atoms with Crippen molar-refractivity contribution in [1.82, 2.24) is 4.57 Å². The van der Waals surface area contributed by atoms with Gasteiger partial charge in [0.2, 0.25) is 0 Å². The molecule has 2 heteroatoms. The molecular formula is C12H13NO. The monoisotopic (exact) mass is 187 g/mol. The Hall–Kier alpha value is -1.28.